The Morgan fingerprint density at radius 1 is 1.22 bits per heavy atom. The van der Waals surface area contributed by atoms with Crippen LogP contribution in [0.25, 0.3) is 0 Å². The Labute approximate surface area is 138 Å². The number of rotatable bonds is 6. The van der Waals surface area contributed by atoms with E-state index in [2.05, 4.69) is 17.0 Å². The second kappa shape index (κ2) is 7.32. The van der Waals surface area contributed by atoms with E-state index in [1.54, 1.807) is 14.2 Å². The molecule has 2 aliphatic heterocycles. The highest BCUT2D eigenvalue weighted by molar-refractivity contribution is 5.83. The van der Waals surface area contributed by atoms with E-state index in [4.69, 9.17) is 9.47 Å². The molecule has 1 aromatic carbocycles. The number of nitrogens with zero attached hydrogens (tertiary/aromatic N) is 2. The van der Waals surface area contributed by atoms with Gasteiger partial charge in [-0.15, -0.1) is 0 Å². The Balaban J connectivity index is 1.66. The van der Waals surface area contributed by atoms with Gasteiger partial charge < -0.3 is 14.4 Å². The summed E-state index contributed by atoms with van der Waals surface area (Å²) in [5.41, 5.74) is 1.23. The predicted octanol–water partition coefficient (Wildman–Crippen LogP) is 1.76. The molecular weight excluding hydrogens is 292 g/mol. The van der Waals surface area contributed by atoms with Crippen molar-refractivity contribution in [3.63, 3.8) is 0 Å². The van der Waals surface area contributed by atoms with E-state index >= 15 is 0 Å². The molecule has 2 fully saturated rings. The normalized spacial score (nSPS) is 24.8. The number of ether oxygens (including phenoxy) is 2. The first kappa shape index (κ1) is 16.3. The van der Waals surface area contributed by atoms with E-state index in [0.29, 0.717) is 19.1 Å². The minimum Gasteiger partial charge on any atom is -0.497 e. The van der Waals surface area contributed by atoms with Gasteiger partial charge in [0.15, 0.2) is 0 Å². The third-order valence-electron chi connectivity index (χ3n) is 5.01. The minimum absolute atomic E-state index is 0.0291. The number of carbonyl (C=O) groups is 1. The van der Waals surface area contributed by atoms with Gasteiger partial charge in [0.2, 0.25) is 5.91 Å². The molecule has 2 atom stereocenters. The summed E-state index contributed by atoms with van der Waals surface area (Å²) in [4.78, 5) is 17.1. The van der Waals surface area contributed by atoms with Crippen LogP contribution in [0.2, 0.25) is 0 Å². The summed E-state index contributed by atoms with van der Waals surface area (Å²) in [6, 6.07) is 8.16. The Morgan fingerprint density at radius 3 is 2.70 bits per heavy atom. The van der Waals surface area contributed by atoms with Crippen LogP contribution in [0.3, 0.4) is 0 Å². The molecule has 23 heavy (non-hydrogen) atoms. The summed E-state index contributed by atoms with van der Waals surface area (Å²) in [5.74, 6) is 1.78. The van der Waals surface area contributed by atoms with Gasteiger partial charge >= 0.3 is 0 Å². The zero-order valence-corrected chi connectivity index (χ0v) is 14.0. The van der Waals surface area contributed by atoms with Crippen molar-refractivity contribution in [2.75, 3.05) is 40.5 Å². The average Bonchev–Trinajstić information content (AvgIpc) is 2.59. The number of piperidine rings is 2. The number of amides is 1. The van der Waals surface area contributed by atoms with Gasteiger partial charge in [0.1, 0.15) is 5.75 Å². The summed E-state index contributed by atoms with van der Waals surface area (Å²) in [6.45, 7) is 4.05. The molecule has 3 rings (SSSR count). The molecule has 126 valence electrons. The lowest BCUT2D eigenvalue weighted by Gasteiger charge is -2.46. The highest BCUT2D eigenvalue weighted by Gasteiger charge is 2.40. The molecule has 2 aliphatic rings. The third-order valence-corrected chi connectivity index (χ3v) is 5.01. The first-order chi connectivity index (χ1) is 11.2. The standard InChI is InChI=1S/C18H26N2O3/c1-22-10-9-20-13-15-7-8-19(17(11-15)18(20)21)12-14-3-5-16(23-2)6-4-14/h3-6,15,17H,7-13H2,1-2H3/t15-,17+/m0/s1. The molecule has 5 heteroatoms. The molecular formula is C18H26N2O3. The van der Waals surface area contributed by atoms with Crippen LogP contribution < -0.4 is 4.74 Å². The number of benzene rings is 1. The topological polar surface area (TPSA) is 42.0 Å². The maximum atomic E-state index is 12.8. The Kier molecular flexibility index (Phi) is 5.18. The minimum atomic E-state index is 0.0291. The molecule has 1 amide bonds. The van der Waals surface area contributed by atoms with Gasteiger partial charge in [0, 0.05) is 26.7 Å². The average molecular weight is 318 g/mol. The summed E-state index contributed by atoms with van der Waals surface area (Å²) in [7, 11) is 3.36. The van der Waals surface area contributed by atoms with E-state index in [1.807, 2.05) is 17.0 Å². The third kappa shape index (κ3) is 3.67. The Bertz CT molecular complexity index is 532. The lowest BCUT2D eigenvalue weighted by Crippen LogP contribution is -2.58. The molecule has 1 aromatic rings. The van der Waals surface area contributed by atoms with Gasteiger partial charge in [0.25, 0.3) is 0 Å². The van der Waals surface area contributed by atoms with Gasteiger partial charge in [-0.3, -0.25) is 9.69 Å². The molecule has 2 bridgehead atoms. The summed E-state index contributed by atoms with van der Waals surface area (Å²) >= 11 is 0. The fraction of sp³-hybridized carbons (Fsp3) is 0.611. The predicted molar refractivity (Wildman–Crippen MR) is 88.4 cm³/mol. The van der Waals surface area contributed by atoms with Crippen molar-refractivity contribution in [2.45, 2.75) is 25.4 Å². The number of likely N-dealkylation sites (tertiary alicyclic amines) is 2. The van der Waals surface area contributed by atoms with Gasteiger partial charge in [-0.25, -0.2) is 0 Å². The van der Waals surface area contributed by atoms with Crippen molar-refractivity contribution in [3.05, 3.63) is 29.8 Å². The van der Waals surface area contributed by atoms with Crippen LogP contribution in [0.5, 0.6) is 5.75 Å². The fourth-order valence-electron chi connectivity index (χ4n) is 3.68. The molecule has 0 aliphatic carbocycles. The second-order valence-corrected chi connectivity index (χ2v) is 6.50. The smallest absolute Gasteiger partial charge is 0.240 e. The van der Waals surface area contributed by atoms with E-state index in [0.717, 1.165) is 31.8 Å². The van der Waals surface area contributed by atoms with E-state index in [9.17, 15) is 4.79 Å². The number of hydrogen-bond acceptors (Lipinski definition) is 4. The first-order valence-electron chi connectivity index (χ1n) is 8.36. The van der Waals surface area contributed by atoms with Crippen LogP contribution in [0, 0.1) is 5.92 Å². The lowest BCUT2D eigenvalue weighted by atomic mass is 9.85. The molecule has 0 N–H and O–H groups in total. The van der Waals surface area contributed by atoms with Crippen LogP contribution >= 0.6 is 0 Å². The summed E-state index contributed by atoms with van der Waals surface area (Å²) in [6.07, 6.45) is 2.17. The van der Waals surface area contributed by atoms with Crippen LogP contribution in [-0.2, 0) is 16.1 Å². The van der Waals surface area contributed by atoms with Crippen molar-refractivity contribution < 1.29 is 14.3 Å². The number of hydrogen-bond donors (Lipinski definition) is 0. The Hall–Kier alpha value is -1.59. The van der Waals surface area contributed by atoms with Gasteiger partial charge in [-0.05, 0) is 43.0 Å². The fourth-order valence-corrected chi connectivity index (χ4v) is 3.68. The van der Waals surface area contributed by atoms with Crippen LogP contribution in [0.15, 0.2) is 24.3 Å². The highest BCUT2D eigenvalue weighted by Crippen LogP contribution is 2.31. The highest BCUT2D eigenvalue weighted by atomic mass is 16.5. The van der Waals surface area contributed by atoms with Crippen molar-refractivity contribution in [1.29, 1.82) is 0 Å². The van der Waals surface area contributed by atoms with Gasteiger partial charge in [-0.1, -0.05) is 12.1 Å². The van der Waals surface area contributed by atoms with E-state index < -0.39 is 0 Å². The zero-order chi connectivity index (χ0) is 16.2. The lowest BCUT2D eigenvalue weighted by molar-refractivity contribution is -0.146. The molecule has 2 saturated heterocycles. The van der Waals surface area contributed by atoms with Crippen LogP contribution in [0.1, 0.15) is 18.4 Å². The molecule has 2 heterocycles. The zero-order valence-electron chi connectivity index (χ0n) is 14.0. The maximum absolute atomic E-state index is 12.8. The summed E-state index contributed by atoms with van der Waals surface area (Å²) in [5, 5.41) is 0. The number of fused-ring (bicyclic) bond motifs is 2. The van der Waals surface area contributed by atoms with E-state index in [1.165, 1.54) is 12.0 Å². The van der Waals surface area contributed by atoms with Crippen LogP contribution in [0.4, 0.5) is 0 Å². The van der Waals surface area contributed by atoms with Crippen molar-refractivity contribution >= 4 is 5.91 Å². The van der Waals surface area contributed by atoms with Crippen molar-refractivity contribution in [2.24, 2.45) is 5.92 Å². The number of carbonyl (C=O) groups excluding carboxylic acids is 1. The largest absolute Gasteiger partial charge is 0.497 e. The SMILES string of the molecule is COCCN1C[C@H]2CCN(Cc3ccc(OC)cc3)[C@H](C2)C1=O. The molecule has 0 radical (unpaired) electrons. The quantitative estimate of drug-likeness (QED) is 0.802. The molecule has 0 saturated carbocycles. The van der Waals surface area contributed by atoms with Gasteiger partial charge in [-0.2, -0.15) is 0 Å². The molecule has 5 nitrogen and oxygen atoms in total. The molecule has 0 spiro atoms. The Morgan fingerprint density at radius 2 is 2.00 bits per heavy atom. The van der Waals surface area contributed by atoms with Crippen molar-refractivity contribution in [3.8, 4) is 5.75 Å². The maximum Gasteiger partial charge on any atom is 0.240 e. The molecule has 0 unspecified atom stereocenters. The monoisotopic (exact) mass is 318 g/mol. The van der Waals surface area contributed by atoms with Crippen LogP contribution in [-0.4, -0.2) is 62.2 Å². The van der Waals surface area contributed by atoms with Gasteiger partial charge in [0.05, 0.1) is 19.8 Å². The molecule has 0 aromatic heterocycles. The van der Waals surface area contributed by atoms with Crippen molar-refractivity contribution in [1.82, 2.24) is 9.80 Å². The number of methoxy groups -OCH3 is 2. The van der Waals surface area contributed by atoms with E-state index in [-0.39, 0.29) is 11.9 Å². The first-order valence-corrected chi connectivity index (χ1v) is 8.36. The second-order valence-electron chi connectivity index (χ2n) is 6.50. The summed E-state index contributed by atoms with van der Waals surface area (Å²) < 4.78 is 10.3.